The topological polar surface area (TPSA) is 64.6 Å². The van der Waals surface area contributed by atoms with Crippen molar-refractivity contribution in [1.29, 1.82) is 0 Å². The zero-order valence-corrected chi connectivity index (χ0v) is 13.7. The fourth-order valence-corrected chi connectivity index (χ4v) is 4.09. The van der Waals surface area contributed by atoms with E-state index in [9.17, 15) is 9.59 Å². The molecule has 0 aliphatic rings. The lowest BCUT2D eigenvalue weighted by Gasteiger charge is -2.10. The highest BCUT2D eigenvalue weighted by atomic mass is 32.1. The van der Waals surface area contributed by atoms with E-state index in [0.717, 1.165) is 15.0 Å². The van der Waals surface area contributed by atoms with E-state index in [2.05, 4.69) is 5.32 Å². The smallest absolute Gasteiger partial charge is 0.348 e. The maximum absolute atomic E-state index is 12.0. The molecule has 21 heavy (non-hydrogen) atoms. The normalized spacial score (nSPS) is 12.3. The Labute approximate surface area is 130 Å². The molecule has 0 unspecified atom stereocenters. The van der Waals surface area contributed by atoms with Crippen molar-refractivity contribution in [1.82, 2.24) is 5.32 Å². The van der Waals surface area contributed by atoms with Crippen molar-refractivity contribution in [3.63, 3.8) is 0 Å². The van der Waals surface area contributed by atoms with E-state index in [4.69, 9.17) is 9.47 Å². The van der Waals surface area contributed by atoms with Crippen LogP contribution >= 0.6 is 22.7 Å². The molecule has 0 aliphatic heterocycles. The summed E-state index contributed by atoms with van der Waals surface area (Å²) in [5, 5.41) is 4.77. The quantitative estimate of drug-likeness (QED) is 0.829. The second-order valence-corrected chi connectivity index (χ2v) is 6.31. The van der Waals surface area contributed by atoms with Crippen LogP contribution in [0.5, 0.6) is 0 Å². The van der Waals surface area contributed by atoms with Gasteiger partial charge in [0.1, 0.15) is 11.0 Å². The van der Waals surface area contributed by atoms with Crippen LogP contribution in [0.4, 0.5) is 0 Å². The van der Waals surface area contributed by atoms with Gasteiger partial charge in [0.05, 0.1) is 11.3 Å². The molecule has 0 radical (unpaired) electrons. The molecule has 7 heteroatoms. The van der Waals surface area contributed by atoms with Crippen molar-refractivity contribution in [2.75, 3.05) is 13.7 Å². The van der Waals surface area contributed by atoms with Crippen LogP contribution in [0, 0.1) is 0 Å². The highest BCUT2D eigenvalue weighted by Crippen LogP contribution is 2.35. The van der Waals surface area contributed by atoms with Crippen molar-refractivity contribution in [2.24, 2.45) is 0 Å². The number of ether oxygens (including phenoxy) is 2. The molecular weight excluding hydrogens is 310 g/mol. The van der Waals surface area contributed by atoms with Gasteiger partial charge in [0.15, 0.2) is 0 Å². The van der Waals surface area contributed by atoms with Gasteiger partial charge in [0.25, 0.3) is 0 Å². The minimum atomic E-state index is -0.520. The number of carbonyl (C=O) groups is 2. The van der Waals surface area contributed by atoms with Gasteiger partial charge in [-0.2, -0.15) is 0 Å². The van der Waals surface area contributed by atoms with Crippen LogP contribution in [0.1, 0.15) is 29.1 Å². The van der Waals surface area contributed by atoms with Crippen molar-refractivity contribution < 1.29 is 19.1 Å². The molecule has 114 valence electrons. The average Bonchev–Trinajstić information content (AvgIpc) is 3.05. The van der Waals surface area contributed by atoms with E-state index < -0.39 is 6.10 Å². The van der Waals surface area contributed by atoms with Gasteiger partial charge in [-0.1, -0.05) is 0 Å². The highest BCUT2D eigenvalue weighted by Gasteiger charge is 2.21. The Balaban J connectivity index is 2.24. The summed E-state index contributed by atoms with van der Waals surface area (Å²) in [6.07, 6.45) is -0.520. The third kappa shape index (κ3) is 3.42. The summed E-state index contributed by atoms with van der Waals surface area (Å²) in [4.78, 5) is 24.4. The molecule has 0 fully saturated rings. The maximum atomic E-state index is 12.0. The summed E-state index contributed by atoms with van der Waals surface area (Å²) in [5.74, 6) is -0.543. The van der Waals surface area contributed by atoms with Gasteiger partial charge in [0, 0.05) is 23.9 Å². The van der Waals surface area contributed by atoms with E-state index in [1.165, 1.54) is 18.4 Å². The zero-order chi connectivity index (χ0) is 15.4. The first kappa shape index (κ1) is 15.9. The van der Waals surface area contributed by atoms with Crippen molar-refractivity contribution in [3.8, 4) is 0 Å². The summed E-state index contributed by atoms with van der Waals surface area (Å²) in [7, 11) is 1.48. The van der Waals surface area contributed by atoms with Crippen LogP contribution in [0.25, 0.3) is 9.40 Å². The number of hydrogen-bond acceptors (Lipinski definition) is 6. The number of fused-ring (bicyclic) bond motifs is 1. The molecule has 2 aromatic heterocycles. The van der Waals surface area contributed by atoms with Gasteiger partial charge in [0.2, 0.25) is 5.91 Å². The molecular formula is C14H17NO4S2. The van der Waals surface area contributed by atoms with Crippen LogP contribution in [0.2, 0.25) is 0 Å². The molecule has 2 aromatic rings. The van der Waals surface area contributed by atoms with E-state index >= 15 is 0 Å². The number of carbonyl (C=O) groups excluding carboxylic acids is 2. The summed E-state index contributed by atoms with van der Waals surface area (Å²) < 4.78 is 12.1. The van der Waals surface area contributed by atoms with Gasteiger partial charge < -0.3 is 14.8 Å². The Kier molecular flexibility index (Phi) is 5.33. The Bertz CT molecular complexity index is 646. The predicted molar refractivity (Wildman–Crippen MR) is 84.0 cm³/mol. The van der Waals surface area contributed by atoms with Crippen LogP contribution < -0.4 is 5.32 Å². The average molecular weight is 327 g/mol. The molecule has 5 nitrogen and oxygen atoms in total. The lowest BCUT2D eigenvalue weighted by atomic mass is 10.2. The largest absolute Gasteiger partial charge is 0.462 e. The molecule has 0 saturated heterocycles. The van der Waals surface area contributed by atoms with Crippen molar-refractivity contribution >= 4 is 43.9 Å². The molecule has 2 heterocycles. The molecule has 1 N–H and O–H groups in total. The van der Waals surface area contributed by atoms with Crippen molar-refractivity contribution in [3.05, 3.63) is 21.9 Å². The molecule has 1 amide bonds. The second-order valence-electron chi connectivity index (χ2n) is 4.34. The Morgan fingerprint density at radius 1 is 1.43 bits per heavy atom. The summed E-state index contributed by atoms with van der Waals surface area (Å²) in [5.41, 5.74) is 0.820. The molecule has 0 aromatic carbocycles. The first-order valence-corrected chi connectivity index (χ1v) is 8.24. The van der Waals surface area contributed by atoms with E-state index in [-0.39, 0.29) is 11.9 Å². The molecule has 1 atom stereocenters. The Morgan fingerprint density at radius 2 is 2.19 bits per heavy atom. The predicted octanol–water partition coefficient (Wildman–Crippen LogP) is 2.79. The fourth-order valence-electron chi connectivity index (χ4n) is 1.82. The first-order chi connectivity index (χ1) is 10.1. The number of rotatable bonds is 6. The Morgan fingerprint density at radius 3 is 2.86 bits per heavy atom. The number of esters is 1. The summed E-state index contributed by atoms with van der Waals surface area (Å²) in [6, 6.07) is 1.97. The van der Waals surface area contributed by atoms with Gasteiger partial charge in [-0.15, -0.1) is 22.7 Å². The number of methoxy groups -OCH3 is 1. The van der Waals surface area contributed by atoms with Gasteiger partial charge in [-0.05, 0) is 25.3 Å². The third-order valence-corrected chi connectivity index (χ3v) is 5.29. The molecule has 0 bridgehead atoms. The van der Waals surface area contributed by atoms with Crippen LogP contribution in [0.3, 0.4) is 0 Å². The number of amides is 1. The van der Waals surface area contributed by atoms with E-state index in [0.29, 0.717) is 18.0 Å². The van der Waals surface area contributed by atoms with E-state index in [1.54, 1.807) is 25.2 Å². The van der Waals surface area contributed by atoms with Gasteiger partial charge in [-0.25, -0.2) is 4.79 Å². The first-order valence-electron chi connectivity index (χ1n) is 6.55. The van der Waals surface area contributed by atoms with E-state index in [1.807, 2.05) is 11.4 Å². The summed E-state index contributed by atoms with van der Waals surface area (Å²) >= 11 is 2.95. The number of hydrogen-bond donors (Lipinski definition) is 1. The van der Waals surface area contributed by atoms with Crippen LogP contribution in [-0.4, -0.2) is 31.7 Å². The number of thiophene rings is 2. The molecule has 0 spiro atoms. The molecule has 0 aliphatic carbocycles. The zero-order valence-electron chi connectivity index (χ0n) is 12.1. The lowest BCUT2D eigenvalue weighted by molar-refractivity contribution is -0.130. The minimum absolute atomic E-state index is 0.205. The number of nitrogens with one attached hydrogen (secondary N) is 1. The second kappa shape index (κ2) is 7.02. The van der Waals surface area contributed by atoms with Gasteiger partial charge >= 0.3 is 5.97 Å². The fraction of sp³-hybridized carbons (Fsp3) is 0.429. The van der Waals surface area contributed by atoms with Crippen molar-refractivity contribution in [2.45, 2.75) is 26.5 Å². The lowest BCUT2D eigenvalue weighted by Crippen LogP contribution is -2.33. The third-order valence-electron chi connectivity index (χ3n) is 3.01. The molecule has 0 saturated carbocycles. The van der Waals surface area contributed by atoms with Crippen LogP contribution in [0.15, 0.2) is 11.4 Å². The van der Waals surface area contributed by atoms with Crippen LogP contribution in [-0.2, 0) is 20.8 Å². The summed E-state index contributed by atoms with van der Waals surface area (Å²) in [6.45, 7) is 4.07. The standard InChI is InChI=1S/C14H17NO4S2/c1-4-19-14(17)12-9(7-15-13(16)8(2)18-3)11-10(21-12)5-6-20-11/h5-6,8H,4,7H2,1-3H3,(H,15,16)/t8-/m0/s1. The molecule has 2 rings (SSSR count). The maximum Gasteiger partial charge on any atom is 0.348 e. The Hall–Kier alpha value is -1.44. The minimum Gasteiger partial charge on any atom is -0.462 e. The highest BCUT2D eigenvalue weighted by molar-refractivity contribution is 7.28. The van der Waals surface area contributed by atoms with Gasteiger partial charge in [-0.3, -0.25) is 4.79 Å². The monoisotopic (exact) mass is 327 g/mol. The SMILES string of the molecule is CCOC(=O)c1sc2ccsc2c1CNC(=O)[C@H](C)OC.